The van der Waals surface area contributed by atoms with E-state index in [1.807, 2.05) is 53.9 Å². The van der Waals surface area contributed by atoms with Gasteiger partial charge in [0, 0.05) is 4.88 Å². The van der Waals surface area contributed by atoms with E-state index in [0.29, 0.717) is 15.6 Å². The van der Waals surface area contributed by atoms with Gasteiger partial charge in [-0.05, 0) is 29.7 Å². The highest BCUT2D eigenvalue weighted by molar-refractivity contribution is 8.18. The number of carbonyl (C=O) groups is 1. The molecular weight excluding hydrogens is 330 g/mol. The molecule has 6 heteroatoms. The van der Waals surface area contributed by atoms with Crippen LogP contribution in [-0.4, -0.2) is 23.2 Å². The number of thiophene rings is 1. The number of rotatable bonds is 3. The molecule has 0 unspecified atom stereocenters. The fourth-order valence-electron chi connectivity index (χ4n) is 2.01. The summed E-state index contributed by atoms with van der Waals surface area (Å²) in [6, 6.07) is 13.2. The topological polar surface area (TPSA) is 58.9 Å². The second-order valence-corrected chi connectivity index (χ2v) is 6.60. The number of aliphatic hydroxyl groups is 1. The molecule has 1 aliphatic heterocycles. The van der Waals surface area contributed by atoms with Crippen molar-refractivity contribution in [2.24, 2.45) is 4.99 Å². The molecule has 1 aromatic heterocycles. The number of methoxy groups -OCH3 is 1. The second kappa shape index (κ2) is 6.85. The lowest BCUT2D eigenvalue weighted by atomic mass is 10.2. The Morgan fingerprint density at radius 1 is 1.22 bits per heavy atom. The highest BCUT2D eigenvalue weighted by atomic mass is 32.2. The van der Waals surface area contributed by atoms with Crippen molar-refractivity contribution in [3.05, 3.63) is 69.0 Å². The number of hydrogen-bond acceptors (Lipinski definition) is 6. The van der Waals surface area contributed by atoms with E-state index in [0.717, 1.165) is 4.88 Å². The highest BCUT2D eigenvalue weighted by Gasteiger charge is 2.32. The predicted octanol–water partition coefficient (Wildman–Crippen LogP) is 4.55. The van der Waals surface area contributed by atoms with Crippen LogP contribution in [-0.2, 0) is 9.53 Å². The summed E-state index contributed by atoms with van der Waals surface area (Å²) < 4.78 is 4.78. The third-order valence-corrected chi connectivity index (χ3v) is 4.92. The Labute approximate surface area is 141 Å². The molecule has 116 valence electrons. The molecule has 1 aromatic carbocycles. The minimum Gasteiger partial charge on any atom is -0.506 e. The SMILES string of the molecule is COC(=O)C1=C(O)C(=Cc2cccs2)SC1=Nc1ccccc1. The summed E-state index contributed by atoms with van der Waals surface area (Å²) in [5.74, 6) is -0.691. The predicted molar refractivity (Wildman–Crippen MR) is 95.1 cm³/mol. The van der Waals surface area contributed by atoms with Gasteiger partial charge in [0.25, 0.3) is 0 Å². The Hall–Kier alpha value is -2.31. The molecule has 0 aliphatic carbocycles. The number of benzene rings is 1. The minimum atomic E-state index is -0.598. The zero-order valence-electron chi connectivity index (χ0n) is 12.2. The van der Waals surface area contributed by atoms with Crippen LogP contribution in [0.2, 0.25) is 0 Å². The van der Waals surface area contributed by atoms with Gasteiger partial charge in [0.05, 0.1) is 17.7 Å². The van der Waals surface area contributed by atoms with Gasteiger partial charge in [0.15, 0.2) is 0 Å². The van der Waals surface area contributed by atoms with Gasteiger partial charge < -0.3 is 9.84 Å². The van der Waals surface area contributed by atoms with Crippen molar-refractivity contribution in [1.29, 1.82) is 0 Å². The van der Waals surface area contributed by atoms with Crippen molar-refractivity contribution < 1.29 is 14.6 Å². The highest BCUT2D eigenvalue weighted by Crippen LogP contribution is 2.40. The van der Waals surface area contributed by atoms with E-state index >= 15 is 0 Å². The van der Waals surface area contributed by atoms with Crippen LogP contribution in [0.15, 0.2) is 69.1 Å². The molecule has 23 heavy (non-hydrogen) atoms. The van der Waals surface area contributed by atoms with Gasteiger partial charge in [-0.3, -0.25) is 0 Å². The van der Waals surface area contributed by atoms with Crippen LogP contribution in [0.1, 0.15) is 4.88 Å². The normalized spacial score (nSPS) is 18.0. The van der Waals surface area contributed by atoms with Gasteiger partial charge in [-0.25, -0.2) is 9.79 Å². The first-order valence-electron chi connectivity index (χ1n) is 6.78. The Kier molecular flexibility index (Phi) is 4.64. The second-order valence-electron chi connectivity index (χ2n) is 4.59. The summed E-state index contributed by atoms with van der Waals surface area (Å²) in [6.07, 6.45) is 1.83. The molecule has 0 atom stereocenters. The van der Waals surface area contributed by atoms with E-state index in [2.05, 4.69) is 4.99 Å². The van der Waals surface area contributed by atoms with Crippen molar-refractivity contribution in [1.82, 2.24) is 0 Å². The van der Waals surface area contributed by atoms with Gasteiger partial charge in [-0.1, -0.05) is 36.0 Å². The number of nitrogens with zero attached hydrogens (tertiary/aromatic N) is 1. The smallest absolute Gasteiger partial charge is 0.344 e. The number of aliphatic imine (C=N–C) groups is 1. The van der Waals surface area contributed by atoms with E-state index in [1.165, 1.54) is 18.9 Å². The van der Waals surface area contributed by atoms with Gasteiger partial charge in [0.1, 0.15) is 16.4 Å². The van der Waals surface area contributed by atoms with Crippen molar-refractivity contribution in [2.45, 2.75) is 0 Å². The van der Waals surface area contributed by atoms with Crippen LogP contribution in [0, 0.1) is 0 Å². The maximum atomic E-state index is 12.0. The zero-order valence-corrected chi connectivity index (χ0v) is 13.9. The standard InChI is InChI=1S/C17H13NO3S2/c1-21-17(20)14-15(19)13(10-12-8-5-9-22-12)23-16(14)18-11-6-3-2-4-7-11/h2-10,19H,1H3. The maximum Gasteiger partial charge on any atom is 0.344 e. The molecule has 2 heterocycles. The van der Waals surface area contributed by atoms with Gasteiger partial charge >= 0.3 is 5.97 Å². The van der Waals surface area contributed by atoms with Crippen molar-refractivity contribution in [2.75, 3.05) is 7.11 Å². The van der Waals surface area contributed by atoms with E-state index in [9.17, 15) is 9.90 Å². The average Bonchev–Trinajstić information content (AvgIpc) is 3.17. The van der Waals surface area contributed by atoms with Crippen LogP contribution in [0.4, 0.5) is 5.69 Å². The molecule has 0 bridgehead atoms. The molecule has 0 saturated carbocycles. The van der Waals surface area contributed by atoms with Crippen molar-refractivity contribution in [3.63, 3.8) is 0 Å². The average molecular weight is 343 g/mol. The largest absolute Gasteiger partial charge is 0.506 e. The van der Waals surface area contributed by atoms with E-state index in [-0.39, 0.29) is 11.3 Å². The first-order chi connectivity index (χ1) is 11.2. The van der Waals surface area contributed by atoms with Gasteiger partial charge in [-0.15, -0.1) is 11.3 Å². The molecule has 0 saturated heterocycles. The first kappa shape index (κ1) is 15.6. The maximum absolute atomic E-state index is 12.0. The Morgan fingerprint density at radius 2 is 2.00 bits per heavy atom. The number of esters is 1. The third kappa shape index (κ3) is 3.38. The minimum absolute atomic E-state index is 0.0927. The Bertz CT molecular complexity index is 806. The molecule has 0 spiro atoms. The fourth-order valence-corrected chi connectivity index (χ4v) is 3.77. The summed E-state index contributed by atoms with van der Waals surface area (Å²) in [5.41, 5.74) is 0.811. The molecule has 1 N–H and O–H groups in total. The lowest BCUT2D eigenvalue weighted by Gasteiger charge is -2.01. The van der Waals surface area contributed by atoms with Crippen molar-refractivity contribution in [3.8, 4) is 0 Å². The van der Waals surface area contributed by atoms with Gasteiger partial charge in [0.2, 0.25) is 0 Å². The van der Waals surface area contributed by atoms with Crippen molar-refractivity contribution >= 4 is 45.9 Å². The molecule has 1 aliphatic rings. The monoisotopic (exact) mass is 343 g/mol. The lowest BCUT2D eigenvalue weighted by molar-refractivity contribution is -0.135. The van der Waals surface area contributed by atoms with E-state index in [1.54, 1.807) is 11.3 Å². The summed E-state index contributed by atoms with van der Waals surface area (Å²) in [6.45, 7) is 0. The number of aliphatic hydroxyl groups excluding tert-OH is 1. The summed E-state index contributed by atoms with van der Waals surface area (Å²) in [5, 5.41) is 12.8. The molecule has 4 nitrogen and oxygen atoms in total. The number of thioether (sulfide) groups is 1. The van der Waals surface area contributed by atoms with E-state index < -0.39 is 5.97 Å². The molecule has 3 rings (SSSR count). The summed E-state index contributed by atoms with van der Waals surface area (Å²) >= 11 is 2.81. The summed E-state index contributed by atoms with van der Waals surface area (Å²) in [4.78, 5) is 18.1. The van der Waals surface area contributed by atoms with Crippen LogP contribution in [0.5, 0.6) is 0 Å². The zero-order chi connectivity index (χ0) is 16.2. The number of ether oxygens (including phenoxy) is 1. The first-order valence-corrected chi connectivity index (χ1v) is 8.47. The van der Waals surface area contributed by atoms with Crippen LogP contribution in [0.3, 0.4) is 0 Å². The Morgan fingerprint density at radius 3 is 2.65 bits per heavy atom. The summed E-state index contributed by atoms with van der Waals surface area (Å²) in [7, 11) is 1.29. The lowest BCUT2D eigenvalue weighted by Crippen LogP contribution is -2.10. The quantitative estimate of drug-likeness (QED) is 0.831. The molecule has 0 radical (unpaired) electrons. The number of hydrogen-bond donors (Lipinski definition) is 1. The molecular formula is C17H13NO3S2. The molecule has 2 aromatic rings. The van der Waals surface area contributed by atoms with Crippen LogP contribution < -0.4 is 0 Å². The van der Waals surface area contributed by atoms with Gasteiger partial charge in [-0.2, -0.15) is 0 Å². The molecule has 0 fully saturated rings. The number of carbonyl (C=O) groups excluding carboxylic acids is 1. The van der Waals surface area contributed by atoms with Crippen LogP contribution in [0.25, 0.3) is 6.08 Å². The molecule has 0 amide bonds. The van der Waals surface area contributed by atoms with Crippen LogP contribution >= 0.6 is 23.1 Å². The number of para-hydroxylation sites is 1. The third-order valence-electron chi connectivity index (χ3n) is 3.08. The van der Waals surface area contributed by atoms with E-state index in [4.69, 9.17) is 4.74 Å². The fraction of sp³-hybridized carbons (Fsp3) is 0.0588. The Balaban J connectivity index is 2.04.